The monoisotopic (exact) mass is 293 g/mol. The highest BCUT2D eigenvalue weighted by molar-refractivity contribution is 9.07. The van der Waals surface area contributed by atoms with Crippen molar-refractivity contribution in [2.45, 2.75) is 0 Å². The van der Waals surface area contributed by atoms with Gasteiger partial charge in [-0.05, 0) is 16.3 Å². The summed E-state index contributed by atoms with van der Waals surface area (Å²) in [4.78, 5) is 0. The van der Waals surface area contributed by atoms with E-state index in [0.717, 1.165) is 5.69 Å². The molecule has 0 aliphatic carbocycles. The maximum atomic E-state index is 8.95. The molecule has 0 spiro atoms. The Hall–Kier alpha value is -2.11. The lowest BCUT2D eigenvalue weighted by Gasteiger charge is -2.04. The number of hydrogen-bond acceptors (Lipinski definition) is 7. The van der Waals surface area contributed by atoms with Crippen LogP contribution in [0.25, 0.3) is 0 Å². The summed E-state index contributed by atoms with van der Waals surface area (Å²) >= 11 is 3.08. The number of nitrogens with one attached hydrogen (secondary N) is 3. The van der Waals surface area contributed by atoms with E-state index in [9.17, 15) is 0 Å². The average molecular weight is 294 g/mol. The van der Waals surface area contributed by atoms with Crippen LogP contribution in [0.5, 0.6) is 0 Å². The molecule has 2 rings (SSSR count). The van der Waals surface area contributed by atoms with Crippen LogP contribution in [0.2, 0.25) is 0 Å². The number of nitrogens with zero attached hydrogens (tertiary/aromatic N) is 4. The lowest BCUT2D eigenvalue weighted by molar-refractivity contribution is 0.377. The van der Waals surface area contributed by atoms with Gasteiger partial charge in [0.25, 0.3) is 0 Å². The Morgan fingerprint density at radius 2 is 2.24 bits per heavy atom. The molecule has 0 saturated carbocycles. The first kappa shape index (κ1) is 11.4. The van der Waals surface area contributed by atoms with Crippen LogP contribution in [0.4, 0.5) is 5.69 Å². The fourth-order valence-corrected chi connectivity index (χ4v) is 1.35. The highest BCUT2D eigenvalue weighted by Gasteiger charge is 2.17. The molecule has 0 fully saturated rings. The molecule has 1 aromatic rings. The van der Waals surface area contributed by atoms with Crippen LogP contribution in [0.1, 0.15) is 0 Å². The second-order valence-corrected chi connectivity index (χ2v) is 3.71. The smallest absolute Gasteiger partial charge is 0.206 e. The van der Waals surface area contributed by atoms with Crippen molar-refractivity contribution in [3.05, 3.63) is 30.3 Å². The molecule has 0 saturated heterocycles. The number of para-hydroxylation sites is 1. The highest BCUT2D eigenvalue weighted by Crippen LogP contribution is 2.05. The van der Waals surface area contributed by atoms with Gasteiger partial charge in [-0.1, -0.05) is 18.2 Å². The van der Waals surface area contributed by atoms with Gasteiger partial charge in [0.1, 0.15) is 6.07 Å². The Morgan fingerprint density at radius 3 is 2.82 bits per heavy atom. The molecule has 17 heavy (non-hydrogen) atoms. The molecule has 3 N–H and O–H groups in total. The van der Waals surface area contributed by atoms with Gasteiger partial charge in [0.2, 0.25) is 11.5 Å². The molecule has 1 heterocycles. The number of rotatable bonds is 3. The van der Waals surface area contributed by atoms with Gasteiger partial charge in [-0.2, -0.15) is 10.4 Å². The summed E-state index contributed by atoms with van der Waals surface area (Å²) in [5.74, 6) is 0.327. The number of nitriles is 1. The standard InChI is InChI=1S/C9H8BrN7/c10-17-15-9(14-16-17)8(6-11)13-12-7-4-2-1-3-5-7/h1-5,12,16H,(H,14,15). The van der Waals surface area contributed by atoms with Crippen LogP contribution >= 0.6 is 16.1 Å². The third-order valence-electron chi connectivity index (χ3n) is 1.85. The van der Waals surface area contributed by atoms with Gasteiger partial charge in [0.05, 0.1) is 21.8 Å². The molecule has 1 aliphatic heterocycles. The zero-order valence-corrected chi connectivity index (χ0v) is 10.1. The van der Waals surface area contributed by atoms with E-state index >= 15 is 0 Å². The maximum absolute atomic E-state index is 8.95. The van der Waals surface area contributed by atoms with Crippen LogP contribution < -0.4 is 16.4 Å². The Labute approximate surface area is 106 Å². The second-order valence-electron chi connectivity index (χ2n) is 3.00. The van der Waals surface area contributed by atoms with Crippen molar-refractivity contribution >= 4 is 33.4 Å². The molecule has 86 valence electrons. The third-order valence-corrected chi connectivity index (χ3v) is 2.19. The molecule has 7 nitrogen and oxygen atoms in total. The van der Waals surface area contributed by atoms with Gasteiger partial charge in [-0.3, -0.25) is 10.9 Å². The fourth-order valence-electron chi connectivity index (χ4n) is 1.11. The van der Waals surface area contributed by atoms with Gasteiger partial charge in [0.15, 0.2) is 0 Å². The number of hydrogen-bond donors (Lipinski definition) is 3. The highest BCUT2D eigenvalue weighted by atomic mass is 79.9. The Morgan fingerprint density at radius 1 is 1.47 bits per heavy atom. The number of hydrazine groups is 2. The minimum absolute atomic E-state index is 0.142. The predicted molar refractivity (Wildman–Crippen MR) is 67.6 cm³/mol. The lowest BCUT2D eigenvalue weighted by Crippen LogP contribution is -2.35. The number of anilines is 1. The van der Waals surface area contributed by atoms with Gasteiger partial charge < -0.3 is 0 Å². The minimum Gasteiger partial charge on any atom is -0.277 e. The van der Waals surface area contributed by atoms with E-state index in [1.54, 1.807) is 0 Å². The lowest BCUT2D eigenvalue weighted by atomic mass is 10.3. The number of hydrazone groups is 2. The fraction of sp³-hybridized carbons (Fsp3) is 0. The quantitative estimate of drug-likeness (QED) is 0.438. The third kappa shape index (κ3) is 2.93. The minimum atomic E-state index is 0.142. The Bertz CT molecular complexity index is 490. The van der Waals surface area contributed by atoms with E-state index in [1.807, 2.05) is 36.4 Å². The number of amidine groups is 1. The molecular formula is C9H8BrN7. The molecule has 1 aromatic carbocycles. The average Bonchev–Trinajstić information content (AvgIpc) is 2.78. The number of halogens is 1. The van der Waals surface area contributed by atoms with Gasteiger partial charge in [-0.25, -0.2) is 5.53 Å². The summed E-state index contributed by atoms with van der Waals surface area (Å²) in [5, 5.41) is 16.7. The first-order chi connectivity index (χ1) is 8.29. The topological polar surface area (TPSA) is 87.8 Å². The van der Waals surface area contributed by atoms with Crippen molar-refractivity contribution in [3.8, 4) is 6.07 Å². The maximum Gasteiger partial charge on any atom is 0.206 e. The van der Waals surface area contributed by atoms with Gasteiger partial charge in [-0.15, -0.1) is 5.10 Å². The van der Waals surface area contributed by atoms with E-state index in [4.69, 9.17) is 5.26 Å². The van der Waals surface area contributed by atoms with Crippen molar-refractivity contribution in [2.75, 3.05) is 5.43 Å². The molecule has 0 aromatic heterocycles. The van der Waals surface area contributed by atoms with Crippen LogP contribution in [0, 0.1) is 11.3 Å². The van der Waals surface area contributed by atoms with Crippen molar-refractivity contribution in [2.24, 2.45) is 10.2 Å². The SMILES string of the molecule is N#CC(=NNc1ccccc1)C1=NNN(Br)N1. The van der Waals surface area contributed by atoms with E-state index in [1.165, 1.54) is 4.14 Å². The zero-order valence-electron chi connectivity index (χ0n) is 8.55. The molecule has 1 aliphatic rings. The first-order valence-electron chi connectivity index (χ1n) is 4.64. The van der Waals surface area contributed by atoms with Crippen LogP contribution in [-0.4, -0.2) is 15.7 Å². The van der Waals surface area contributed by atoms with E-state index in [2.05, 4.69) is 42.7 Å². The molecule has 0 radical (unpaired) electrons. The summed E-state index contributed by atoms with van der Waals surface area (Å²) < 4.78 is 1.33. The molecule has 8 heteroatoms. The predicted octanol–water partition coefficient (Wildman–Crippen LogP) is 0.926. The van der Waals surface area contributed by atoms with Crippen LogP contribution in [0.15, 0.2) is 40.5 Å². The summed E-state index contributed by atoms with van der Waals surface area (Å²) in [7, 11) is 0. The summed E-state index contributed by atoms with van der Waals surface area (Å²) in [6, 6.07) is 11.3. The zero-order chi connectivity index (χ0) is 12.1. The van der Waals surface area contributed by atoms with Crippen molar-refractivity contribution in [3.63, 3.8) is 0 Å². The normalized spacial score (nSPS) is 15.5. The second kappa shape index (κ2) is 5.29. The molecular weight excluding hydrogens is 286 g/mol. The first-order valence-corrected chi connectivity index (χ1v) is 5.35. The van der Waals surface area contributed by atoms with Crippen molar-refractivity contribution in [1.82, 2.24) is 15.1 Å². The van der Waals surface area contributed by atoms with Crippen LogP contribution in [0.3, 0.4) is 0 Å². The summed E-state index contributed by atoms with van der Waals surface area (Å²) in [6.07, 6.45) is 0. The van der Waals surface area contributed by atoms with Crippen LogP contribution in [-0.2, 0) is 0 Å². The summed E-state index contributed by atoms with van der Waals surface area (Å²) in [6.45, 7) is 0. The van der Waals surface area contributed by atoms with E-state index in [-0.39, 0.29) is 5.71 Å². The van der Waals surface area contributed by atoms with E-state index < -0.39 is 0 Å². The van der Waals surface area contributed by atoms with Crippen molar-refractivity contribution < 1.29 is 0 Å². The molecule has 0 atom stereocenters. The Kier molecular flexibility index (Phi) is 3.54. The van der Waals surface area contributed by atoms with Gasteiger partial charge >= 0.3 is 0 Å². The number of benzene rings is 1. The van der Waals surface area contributed by atoms with E-state index in [0.29, 0.717) is 5.84 Å². The van der Waals surface area contributed by atoms with Crippen molar-refractivity contribution in [1.29, 1.82) is 5.26 Å². The van der Waals surface area contributed by atoms with Gasteiger partial charge in [0, 0.05) is 0 Å². The molecule has 0 bridgehead atoms. The molecule has 0 unspecified atom stereocenters. The molecule has 0 amide bonds. The largest absolute Gasteiger partial charge is 0.277 e. The Balaban J connectivity index is 2.07. The summed E-state index contributed by atoms with van der Waals surface area (Å²) in [5.41, 5.74) is 8.99.